The Morgan fingerprint density at radius 3 is 1.54 bits per heavy atom. The first-order chi connectivity index (χ1) is 12.2. The van der Waals surface area contributed by atoms with Gasteiger partial charge in [0.05, 0.1) is 6.61 Å². The van der Waals surface area contributed by atoms with Crippen LogP contribution >= 0.6 is 0 Å². The van der Waals surface area contributed by atoms with Crippen LogP contribution in [0.25, 0.3) is 0 Å². The molecule has 0 amide bonds. The minimum absolute atomic E-state index is 0. The molecule has 26 heavy (non-hydrogen) atoms. The van der Waals surface area contributed by atoms with Gasteiger partial charge in [-0.05, 0) is 6.42 Å². The second kappa shape index (κ2) is 23.0. The van der Waals surface area contributed by atoms with Crippen LogP contribution in [0.15, 0.2) is 0 Å². The number of ether oxygens (including phenoxy) is 1. The Hall–Kier alpha value is -0.0775. The van der Waals surface area contributed by atoms with E-state index in [1.54, 1.807) is 0 Å². The fraction of sp³-hybridized carbons (Fsp3) is 0.952. The third kappa shape index (κ3) is 22.0. The van der Waals surface area contributed by atoms with Crippen LogP contribution in [0.1, 0.15) is 110 Å². The van der Waals surface area contributed by atoms with Gasteiger partial charge < -0.3 is 14.9 Å². The van der Waals surface area contributed by atoms with Gasteiger partial charge in [0.1, 0.15) is 12.7 Å². The topological polar surface area (TPSA) is 66.8 Å². The number of carbonyl (C=O) groups excluding carboxylic acids is 1. The van der Waals surface area contributed by atoms with Gasteiger partial charge in [-0.25, -0.2) is 0 Å². The summed E-state index contributed by atoms with van der Waals surface area (Å²) in [5, 5.41) is 17.7. The largest absolute Gasteiger partial charge is 0.463 e. The molecule has 0 aromatic rings. The number of carbonyl (C=O) groups is 1. The Morgan fingerprint density at radius 1 is 0.769 bits per heavy atom. The molecule has 156 valence electrons. The van der Waals surface area contributed by atoms with E-state index in [2.05, 4.69) is 6.92 Å². The van der Waals surface area contributed by atoms with Gasteiger partial charge >= 0.3 is 5.97 Å². The summed E-state index contributed by atoms with van der Waals surface area (Å²) in [5.74, 6) is -0.276. The highest BCUT2D eigenvalue weighted by atomic mass is 27.0. The molecule has 5 heteroatoms. The maximum absolute atomic E-state index is 11.4. The van der Waals surface area contributed by atoms with E-state index in [0.29, 0.717) is 6.42 Å². The monoisotopic (exact) mass is 388 g/mol. The van der Waals surface area contributed by atoms with Crippen LogP contribution in [0.4, 0.5) is 0 Å². The van der Waals surface area contributed by atoms with Crippen LogP contribution in [0, 0.1) is 0 Å². The molecule has 0 aromatic heterocycles. The molecule has 0 aromatic carbocycles. The lowest BCUT2D eigenvalue weighted by molar-refractivity contribution is -0.147. The van der Waals surface area contributed by atoms with Crippen LogP contribution in [0.3, 0.4) is 0 Å². The fourth-order valence-electron chi connectivity index (χ4n) is 2.95. The quantitative estimate of drug-likeness (QED) is 0.200. The molecule has 0 heterocycles. The second-order valence-electron chi connectivity index (χ2n) is 7.22. The lowest BCUT2D eigenvalue weighted by atomic mass is 10.0. The minimum Gasteiger partial charge on any atom is -0.463 e. The second-order valence-corrected chi connectivity index (χ2v) is 7.22. The first-order valence-electron chi connectivity index (χ1n) is 10.6. The van der Waals surface area contributed by atoms with Gasteiger partial charge in [-0.1, -0.05) is 96.8 Å². The average molecular weight is 389 g/mol. The van der Waals surface area contributed by atoms with Crippen molar-refractivity contribution in [1.29, 1.82) is 0 Å². The number of hydrogen-bond donors (Lipinski definition) is 2. The van der Waals surface area contributed by atoms with Gasteiger partial charge in [0.15, 0.2) is 17.4 Å². The zero-order valence-corrected chi connectivity index (χ0v) is 16.5. The molecule has 4 nitrogen and oxygen atoms in total. The highest BCUT2D eigenvalue weighted by Gasteiger charge is 2.07. The highest BCUT2D eigenvalue weighted by molar-refractivity contribution is 5.75. The lowest BCUT2D eigenvalue weighted by Gasteiger charge is -2.08. The van der Waals surface area contributed by atoms with E-state index in [4.69, 9.17) is 14.9 Å². The standard InChI is InChI=1S/C21H42O4.Al.3H/c1-2-3-4-5-6-7-8-9-10-11-12-13-14-15-16-17-21(24)25-19-20(23)18-22;;;;/h20,22-23H,2-19H2,1H3;;;;. The number of aliphatic hydroxyl groups is 2. The van der Waals surface area contributed by atoms with Crippen molar-refractivity contribution in [3.63, 3.8) is 0 Å². The first kappa shape index (κ1) is 28.1. The third-order valence-electron chi connectivity index (χ3n) is 4.63. The summed E-state index contributed by atoms with van der Waals surface area (Å²) in [6.45, 7) is 1.79. The Bertz CT molecular complexity index is 287. The summed E-state index contributed by atoms with van der Waals surface area (Å²) in [5.41, 5.74) is 0. The summed E-state index contributed by atoms with van der Waals surface area (Å²) in [7, 11) is 0. The van der Waals surface area contributed by atoms with Crippen LogP contribution in [-0.2, 0) is 9.53 Å². The van der Waals surface area contributed by atoms with Gasteiger partial charge in [0.25, 0.3) is 0 Å². The van der Waals surface area contributed by atoms with Gasteiger partial charge in [0, 0.05) is 6.42 Å². The molecule has 0 rings (SSSR count). The maximum atomic E-state index is 11.4. The van der Waals surface area contributed by atoms with Crippen molar-refractivity contribution in [2.75, 3.05) is 13.2 Å². The van der Waals surface area contributed by atoms with E-state index in [1.165, 1.54) is 83.5 Å². The molecule has 0 bridgehead atoms. The minimum atomic E-state index is -0.954. The van der Waals surface area contributed by atoms with Crippen molar-refractivity contribution in [3.05, 3.63) is 0 Å². The summed E-state index contributed by atoms with van der Waals surface area (Å²) in [6.07, 6.45) is 19.0. The smallest absolute Gasteiger partial charge is 0.305 e. The van der Waals surface area contributed by atoms with E-state index < -0.39 is 6.10 Å². The SMILES string of the molecule is CCCCCCCCCCCCCCCCCC(=O)OCC(O)CO.[AlH3]. The zero-order valence-electron chi connectivity index (χ0n) is 16.5. The molecule has 1 unspecified atom stereocenters. The summed E-state index contributed by atoms with van der Waals surface area (Å²) in [6, 6.07) is 0. The van der Waals surface area contributed by atoms with Crippen LogP contribution < -0.4 is 0 Å². The molecule has 0 spiro atoms. The van der Waals surface area contributed by atoms with Crippen molar-refractivity contribution >= 4 is 23.3 Å². The number of hydrogen-bond acceptors (Lipinski definition) is 4. The Labute approximate surface area is 172 Å². The van der Waals surface area contributed by atoms with E-state index in [0.717, 1.165) is 12.8 Å². The average Bonchev–Trinajstić information content (AvgIpc) is 2.62. The van der Waals surface area contributed by atoms with Crippen LogP contribution in [0.2, 0.25) is 0 Å². The predicted molar refractivity (Wildman–Crippen MR) is 114 cm³/mol. The van der Waals surface area contributed by atoms with Crippen molar-refractivity contribution in [1.82, 2.24) is 0 Å². The number of rotatable bonds is 19. The molecule has 0 radical (unpaired) electrons. The van der Waals surface area contributed by atoms with Crippen LogP contribution in [0.5, 0.6) is 0 Å². The molecule has 0 saturated carbocycles. The fourth-order valence-corrected chi connectivity index (χ4v) is 2.95. The molecule has 0 aliphatic carbocycles. The van der Waals surface area contributed by atoms with Gasteiger partial charge in [-0.2, -0.15) is 0 Å². The molecule has 0 fully saturated rings. The number of esters is 1. The van der Waals surface area contributed by atoms with E-state index in [9.17, 15) is 4.79 Å². The predicted octanol–water partition coefficient (Wildman–Crippen LogP) is 3.96. The van der Waals surface area contributed by atoms with Crippen molar-refractivity contribution in [3.8, 4) is 0 Å². The molecule has 0 saturated heterocycles. The highest BCUT2D eigenvalue weighted by Crippen LogP contribution is 2.13. The number of aliphatic hydroxyl groups excluding tert-OH is 2. The van der Waals surface area contributed by atoms with Gasteiger partial charge in [-0.3, -0.25) is 4.79 Å². The van der Waals surface area contributed by atoms with E-state index in [1.807, 2.05) is 0 Å². The van der Waals surface area contributed by atoms with Crippen LogP contribution in [-0.4, -0.2) is 52.9 Å². The molecular formula is C21H45AlO4. The Balaban J connectivity index is 0. The van der Waals surface area contributed by atoms with Crippen molar-refractivity contribution < 1.29 is 19.7 Å². The lowest BCUT2D eigenvalue weighted by Crippen LogP contribution is -2.21. The molecule has 0 aliphatic rings. The molecule has 0 aliphatic heterocycles. The Kier molecular flexibility index (Phi) is 24.8. The van der Waals surface area contributed by atoms with E-state index >= 15 is 0 Å². The van der Waals surface area contributed by atoms with Crippen molar-refractivity contribution in [2.45, 2.75) is 116 Å². The number of unbranched alkanes of at least 4 members (excludes halogenated alkanes) is 14. The van der Waals surface area contributed by atoms with Gasteiger partial charge in [-0.15, -0.1) is 0 Å². The van der Waals surface area contributed by atoms with Crippen molar-refractivity contribution in [2.24, 2.45) is 0 Å². The van der Waals surface area contributed by atoms with E-state index in [-0.39, 0.29) is 36.5 Å². The summed E-state index contributed by atoms with van der Waals surface area (Å²) < 4.78 is 4.86. The van der Waals surface area contributed by atoms with Gasteiger partial charge in [0.2, 0.25) is 0 Å². The Morgan fingerprint density at radius 2 is 1.15 bits per heavy atom. The maximum Gasteiger partial charge on any atom is 0.305 e. The normalized spacial score (nSPS) is 11.8. The first-order valence-corrected chi connectivity index (χ1v) is 10.6. The molecule has 1 atom stereocenters. The third-order valence-corrected chi connectivity index (χ3v) is 4.63. The zero-order chi connectivity index (χ0) is 18.6. The summed E-state index contributed by atoms with van der Waals surface area (Å²) in [4.78, 5) is 11.4. The molecule has 2 N–H and O–H groups in total. The summed E-state index contributed by atoms with van der Waals surface area (Å²) >= 11 is 0. The molecular weight excluding hydrogens is 343 g/mol.